The lowest BCUT2D eigenvalue weighted by Gasteiger charge is -2.47. The zero-order chi connectivity index (χ0) is 36.8. The number of aliphatic hydroxyl groups excluding tert-OH is 1. The number of nitrogens with zero attached hydrogens (tertiary/aromatic N) is 1. The molecule has 51 heavy (non-hydrogen) atoms. The summed E-state index contributed by atoms with van der Waals surface area (Å²) in [5.74, 6) is -3.36. The molecule has 15 heteroatoms. The van der Waals surface area contributed by atoms with Crippen LogP contribution in [0.2, 0.25) is 0 Å². The molecule has 0 bridgehead atoms. The van der Waals surface area contributed by atoms with E-state index in [0.29, 0.717) is 26.2 Å². The normalized spacial score (nSPS) is 29.3. The topological polar surface area (TPSA) is 206 Å². The summed E-state index contributed by atoms with van der Waals surface area (Å²) in [5, 5.41) is 52.7. The van der Waals surface area contributed by atoms with Crippen LogP contribution in [0.25, 0.3) is 0 Å². The summed E-state index contributed by atoms with van der Waals surface area (Å²) in [6.07, 6.45) is -5.14. The third-order valence-electron chi connectivity index (χ3n) is 10.3. The Morgan fingerprint density at radius 2 is 1.82 bits per heavy atom. The minimum Gasteiger partial charge on any atom is -0.507 e. The molecular formula is C36H47N3O12. The third kappa shape index (κ3) is 6.84. The maximum absolute atomic E-state index is 14.0. The number of rotatable bonds is 10. The number of amides is 1. The Balaban J connectivity index is 1.40. The predicted molar refractivity (Wildman–Crippen MR) is 180 cm³/mol. The molecule has 2 aliphatic carbocycles. The minimum absolute atomic E-state index is 0.0243. The lowest BCUT2D eigenvalue weighted by atomic mass is 9.72. The van der Waals surface area contributed by atoms with Gasteiger partial charge in [0.1, 0.15) is 22.8 Å². The molecular weight excluding hydrogens is 666 g/mol. The van der Waals surface area contributed by atoms with Gasteiger partial charge in [0.15, 0.2) is 18.4 Å². The number of carbonyl (C=O) groups excluding carboxylic acids is 3. The number of phenolic OH excluding ortho intramolecular Hbond substituents is 2. The van der Waals surface area contributed by atoms with Crippen molar-refractivity contribution in [2.45, 2.75) is 88.6 Å². The second kappa shape index (κ2) is 14.8. The van der Waals surface area contributed by atoms with E-state index in [1.165, 1.54) is 32.4 Å². The summed E-state index contributed by atoms with van der Waals surface area (Å²) in [6, 6.07) is 4.19. The Morgan fingerprint density at radius 1 is 1.08 bits per heavy atom. The van der Waals surface area contributed by atoms with Gasteiger partial charge >= 0.3 is 0 Å². The molecule has 6 rings (SSSR count). The summed E-state index contributed by atoms with van der Waals surface area (Å²) in [4.78, 5) is 43.6. The number of ether oxygens (including phenoxy) is 5. The number of hydrogen-bond acceptors (Lipinski definition) is 14. The van der Waals surface area contributed by atoms with Gasteiger partial charge in [-0.05, 0) is 13.0 Å². The van der Waals surface area contributed by atoms with Crippen molar-refractivity contribution in [3.63, 3.8) is 0 Å². The van der Waals surface area contributed by atoms with Crippen molar-refractivity contribution in [1.29, 1.82) is 0 Å². The highest BCUT2D eigenvalue weighted by atomic mass is 16.7. The third-order valence-corrected chi connectivity index (χ3v) is 10.3. The number of morpholine rings is 1. The average molecular weight is 714 g/mol. The highest BCUT2D eigenvalue weighted by Crippen LogP contribution is 2.52. The quantitative estimate of drug-likeness (QED) is 0.128. The molecule has 1 amide bonds. The fourth-order valence-corrected chi connectivity index (χ4v) is 7.65. The molecule has 2 aromatic carbocycles. The molecule has 4 aliphatic rings. The van der Waals surface area contributed by atoms with E-state index in [2.05, 4.69) is 10.6 Å². The van der Waals surface area contributed by atoms with E-state index in [4.69, 9.17) is 23.7 Å². The summed E-state index contributed by atoms with van der Waals surface area (Å²) in [7, 11) is 2.89. The van der Waals surface area contributed by atoms with Gasteiger partial charge in [0.05, 0.1) is 48.7 Å². The smallest absolute Gasteiger partial charge is 0.252 e. The maximum atomic E-state index is 14.0. The first-order chi connectivity index (χ1) is 24.3. The lowest BCUT2D eigenvalue weighted by Crippen LogP contribution is -2.59. The standard InChI is InChI=1S/C36H47N3O12/c1-17(2)37-9-10-38-35(45)36(46)14-20-27(34(44)29-28(32(20)42)31(41)19-7-6-8-22(47-4)26(19)33(29)43)23(15-36)51-24-13-21(30(40)18(3)50-24)39-11-12-49-25(16-39)48-5/h6-8,17-18,21,23-25,30,37,40,42,44,46H,9-16H2,1-5H3,(H,38,45)/t18?,21?,23-,24?,25?,30?,36-/m0/s1. The minimum atomic E-state index is -2.16. The molecule has 5 unspecified atom stereocenters. The van der Waals surface area contributed by atoms with Crippen molar-refractivity contribution < 1.29 is 58.5 Å². The number of fused-ring (bicyclic) bond motifs is 3. The number of aromatic hydroxyl groups is 2. The van der Waals surface area contributed by atoms with E-state index < -0.39 is 89.1 Å². The Morgan fingerprint density at radius 3 is 2.53 bits per heavy atom. The monoisotopic (exact) mass is 713 g/mol. The molecule has 2 aromatic rings. The second-order valence-electron chi connectivity index (χ2n) is 13.9. The molecule has 0 aromatic heterocycles. The molecule has 2 heterocycles. The summed E-state index contributed by atoms with van der Waals surface area (Å²) in [5.41, 5.74) is -3.27. The van der Waals surface area contributed by atoms with E-state index in [-0.39, 0.29) is 53.4 Å². The van der Waals surface area contributed by atoms with E-state index in [9.17, 15) is 34.8 Å². The van der Waals surface area contributed by atoms with Crippen molar-refractivity contribution in [1.82, 2.24) is 15.5 Å². The van der Waals surface area contributed by atoms with Crippen molar-refractivity contribution >= 4 is 17.5 Å². The van der Waals surface area contributed by atoms with Crippen molar-refractivity contribution in [3.05, 3.63) is 51.6 Å². The average Bonchev–Trinajstić information content (AvgIpc) is 3.11. The van der Waals surface area contributed by atoms with Gasteiger partial charge in [-0.15, -0.1) is 0 Å². The molecule has 7 atom stereocenters. The van der Waals surface area contributed by atoms with Crippen LogP contribution in [0, 0.1) is 0 Å². The number of aliphatic hydroxyl groups is 2. The first-order valence-electron chi connectivity index (χ1n) is 17.3. The van der Waals surface area contributed by atoms with E-state index in [1.807, 2.05) is 18.7 Å². The number of hydrogen-bond donors (Lipinski definition) is 6. The number of carbonyl (C=O) groups is 3. The van der Waals surface area contributed by atoms with Crippen LogP contribution < -0.4 is 15.4 Å². The number of benzene rings is 2. The number of methoxy groups -OCH3 is 2. The lowest BCUT2D eigenvalue weighted by molar-refractivity contribution is -0.266. The van der Waals surface area contributed by atoms with Crippen molar-refractivity contribution in [3.8, 4) is 17.2 Å². The number of ketones is 2. The predicted octanol–water partition coefficient (Wildman–Crippen LogP) is 0.900. The summed E-state index contributed by atoms with van der Waals surface area (Å²) in [6.45, 7) is 7.51. The highest BCUT2D eigenvalue weighted by molar-refractivity contribution is 6.31. The second-order valence-corrected chi connectivity index (χ2v) is 13.9. The van der Waals surface area contributed by atoms with Gasteiger partial charge in [-0.1, -0.05) is 26.0 Å². The Bertz CT molecular complexity index is 1680. The summed E-state index contributed by atoms with van der Waals surface area (Å²) < 4.78 is 29.0. The zero-order valence-corrected chi connectivity index (χ0v) is 29.4. The number of phenols is 2. The highest BCUT2D eigenvalue weighted by Gasteiger charge is 2.51. The maximum Gasteiger partial charge on any atom is 0.252 e. The Labute approximate surface area is 295 Å². The van der Waals surface area contributed by atoms with Gasteiger partial charge in [0.25, 0.3) is 5.91 Å². The first-order valence-corrected chi connectivity index (χ1v) is 17.3. The van der Waals surface area contributed by atoms with Crippen LogP contribution >= 0.6 is 0 Å². The molecule has 278 valence electrons. The zero-order valence-electron chi connectivity index (χ0n) is 29.4. The van der Waals surface area contributed by atoms with Crippen LogP contribution in [0.1, 0.15) is 82.7 Å². The molecule has 2 aliphatic heterocycles. The molecule has 2 saturated heterocycles. The number of nitrogens with one attached hydrogen (secondary N) is 2. The Kier molecular flexibility index (Phi) is 10.7. The fraction of sp³-hybridized carbons (Fsp3) is 0.583. The van der Waals surface area contributed by atoms with Gasteiger partial charge < -0.3 is 54.7 Å². The van der Waals surface area contributed by atoms with E-state index in [1.54, 1.807) is 6.92 Å². The molecule has 0 radical (unpaired) electrons. The Hall–Kier alpha value is -3.67. The van der Waals surface area contributed by atoms with Gasteiger partial charge in [0.2, 0.25) is 5.78 Å². The van der Waals surface area contributed by atoms with Gasteiger partial charge in [-0.2, -0.15) is 0 Å². The van der Waals surface area contributed by atoms with Crippen molar-refractivity contribution in [2.75, 3.05) is 47.0 Å². The fourth-order valence-electron chi connectivity index (χ4n) is 7.65. The van der Waals surface area contributed by atoms with Gasteiger partial charge in [-0.3, -0.25) is 19.3 Å². The summed E-state index contributed by atoms with van der Waals surface area (Å²) >= 11 is 0. The molecule has 2 fully saturated rings. The SMILES string of the molecule is COc1cccc2c1C(=O)c1c(O)c3c(c(O)c1C2=O)C[C@@](O)(C(=O)NCCNC(C)C)C[C@@H]3OC1CC(N2CCOC(OC)C2)C(O)C(C)O1. The van der Waals surface area contributed by atoms with E-state index >= 15 is 0 Å². The van der Waals surface area contributed by atoms with Crippen LogP contribution in [-0.4, -0.2) is 132 Å². The molecule has 0 saturated carbocycles. The largest absolute Gasteiger partial charge is 0.507 e. The van der Waals surface area contributed by atoms with Crippen LogP contribution in [0.5, 0.6) is 17.2 Å². The van der Waals surface area contributed by atoms with Crippen molar-refractivity contribution in [2.24, 2.45) is 0 Å². The molecule has 15 nitrogen and oxygen atoms in total. The van der Waals surface area contributed by atoms with Crippen LogP contribution in [0.15, 0.2) is 18.2 Å². The van der Waals surface area contributed by atoms with E-state index in [0.717, 1.165) is 0 Å². The van der Waals surface area contributed by atoms with Gasteiger partial charge in [0, 0.05) is 81.3 Å². The first kappa shape index (κ1) is 37.1. The van der Waals surface area contributed by atoms with Gasteiger partial charge in [-0.25, -0.2) is 0 Å². The van der Waals surface area contributed by atoms with Crippen LogP contribution in [-0.2, 0) is 30.2 Å². The molecule has 0 spiro atoms. The van der Waals surface area contributed by atoms with Crippen LogP contribution in [0.3, 0.4) is 0 Å². The van der Waals surface area contributed by atoms with Crippen LogP contribution in [0.4, 0.5) is 0 Å². The molecule has 6 N–H and O–H groups in total.